The molecule has 172 valence electrons. The summed E-state index contributed by atoms with van der Waals surface area (Å²) in [5.74, 6) is -2.12. The first-order chi connectivity index (χ1) is 15.4. The van der Waals surface area contributed by atoms with Crippen LogP contribution in [0, 0.1) is 11.7 Å². The van der Waals surface area contributed by atoms with E-state index in [4.69, 9.17) is 5.73 Å². The number of nitrogens with one attached hydrogen (secondary N) is 2. The van der Waals surface area contributed by atoms with Crippen LogP contribution in [0.3, 0.4) is 0 Å². The van der Waals surface area contributed by atoms with E-state index in [1.165, 1.54) is 12.1 Å². The molecule has 2 aromatic rings. The number of halogens is 1. The fourth-order valence-electron chi connectivity index (χ4n) is 4.22. The summed E-state index contributed by atoms with van der Waals surface area (Å²) in [6.07, 6.45) is 7.23. The maximum atomic E-state index is 14.6. The summed E-state index contributed by atoms with van der Waals surface area (Å²) in [4.78, 5) is 37.2. The molecule has 0 radical (unpaired) electrons. The summed E-state index contributed by atoms with van der Waals surface area (Å²) in [6.45, 7) is 2.41. The van der Waals surface area contributed by atoms with Crippen LogP contribution in [0.25, 0.3) is 0 Å². The minimum Gasteiger partial charge on any atom is -0.369 e. The number of benzene rings is 1. The van der Waals surface area contributed by atoms with Crippen LogP contribution in [0.5, 0.6) is 0 Å². The number of rotatable bonds is 8. The molecule has 1 aliphatic rings. The third kappa shape index (κ3) is 5.93. The normalized spacial score (nSPS) is 15.6. The Morgan fingerprint density at radius 2 is 1.91 bits per heavy atom. The summed E-state index contributed by atoms with van der Waals surface area (Å²) in [5, 5.41) is 9.61. The Bertz CT molecular complexity index is 966. The number of carbonyl (C=O) groups is 3. The monoisotopic (exact) mass is 443 g/mol. The van der Waals surface area contributed by atoms with Gasteiger partial charge in [-0.1, -0.05) is 31.7 Å². The molecule has 3 rings (SSSR count). The lowest BCUT2D eigenvalue weighted by Gasteiger charge is -2.26. The van der Waals surface area contributed by atoms with Gasteiger partial charge in [-0.05, 0) is 49.4 Å². The number of amides is 3. The fourth-order valence-corrected chi connectivity index (χ4v) is 4.22. The minimum absolute atomic E-state index is 0.00492. The van der Waals surface area contributed by atoms with Crippen LogP contribution in [0.1, 0.15) is 61.5 Å². The second-order valence-corrected chi connectivity index (χ2v) is 8.18. The molecule has 1 atom stereocenters. The van der Waals surface area contributed by atoms with Gasteiger partial charge in [0.25, 0.3) is 5.91 Å². The first-order valence-electron chi connectivity index (χ1n) is 11.1. The fraction of sp³-hybridized carbons (Fsp3) is 0.478. The van der Waals surface area contributed by atoms with E-state index >= 15 is 0 Å². The zero-order chi connectivity index (χ0) is 23.1. The van der Waals surface area contributed by atoms with Crippen molar-refractivity contribution in [3.63, 3.8) is 0 Å². The third-order valence-electron chi connectivity index (χ3n) is 5.86. The van der Waals surface area contributed by atoms with Crippen molar-refractivity contribution in [3.8, 4) is 0 Å². The predicted molar refractivity (Wildman–Crippen MR) is 118 cm³/mol. The number of hydrogen-bond donors (Lipinski definition) is 3. The number of aryl methyl sites for hydroxylation is 1. The van der Waals surface area contributed by atoms with Gasteiger partial charge in [0, 0.05) is 12.7 Å². The van der Waals surface area contributed by atoms with Crippen LogP contribution < -0.4 is 16.4 Å². The van der Waals surface area contributed by atoms with E-state index in [2.05, 4.69) is 15.7 Å². The smallest absolute Gasteiger partial charge is 0.270 e. The zero-order valence-corrected chi connectivity index (χ0v) is 18.3. The van der Waals surface area contributed by atoms with Gasteiger partial charge in [-0.15, -0.1) is 0 Å². The van der Waals surface area contributed by atoms with Crippen LogP contribution in [-0.2, 0) is 22.6 Å². The van der Waals surface area contributed by atoms with Crippen LogP contribution in [0.15, 0.2) is 30.5 Å². The number of nitrogens with zero attached hydrogens (tertiary/aromatic N) is 2. The Hall–Kier alpha value is -3.23. The summed E-state index contributed by atoms with van der Waals surface area (Å²) < 4.78 is 16.1. The summed E-state index contributed by atoms with van der Waals surface area (Å²) in [7, 11) is 0. The van der Waals surface area contributed by atoms with E-state index < -0.39 is 23.7 Å². The van der Waals surface area contributed by atoms with Gasteiger partial charge >= 0.3 is 0 Å². The number of hydrogen-bond acceptors (Lipinski definition) is 4. The van der Waals surface area contributed by atoms with E-state index in [1.54, 1.807) is 23.0 Å². The highest BCUT2D eigenvalue weighted by Crippen LogP contribution is 2.27. The van der Waals surface area contributed by atoms with Gasteiger partial charge in [-0.25, -0.2) is 4.39 Å². The number of nitrogens with two attached hydrogens (primary N) is 1. The summed E-state index contributed by atoms with van der Waals surface area (Å²) in [6, 6.07) is 4.94. The topological polar surface area (TPSA) is 119 Å². The minimum atomic E-state index is -0.800. The third-order valence-corrected chi connectivity index (χ3v) is 5.86. The Morgan fingerprint density at radius 1 is 1.19 bits per heavy atom. The van der Waals surface area contributed by atoms with Crippen molar-refractivity contribution < 1.29 is 18.8 Å². The lowest BCUT2D eigenvalue weighted by Crippen LogP contribution is -2.49. The quantitative estimate of drug-likeness (QED) is 0.544. The molecule has 1 saturated carbocycles. The van der Waals surface area contributed by atoms with Crippen molar-refractivity contribution in [3.05, 3.63) is 47.5 Å². The van der Waals surface area contributed by atoms with Gasteiger partial charge in [0.15, 0.2) is 0 Å². The summed E-state index contributed by atoms with van der Waals surface area (Å²) in [5.41, 5.74) is 5.95. The molecular formula is C23H30FN5O3. The molecule has 0 spiro atoms. The SMILES string of the molecule is CCn1nccc1C(=O)NC(C(=O)Nc1ccc(CC(N)=O)cc1F)C1CCCCCC1. The van der Waals surface area contributed by atoms with Crippen LogP contribution >= 0.6 is 0 Å². The first-order valence-corrected chi connectivity index (χ1v) is 11.1. The molecule has 1 fully saturated rings. The van der Waals surface area contributed by atoms with Crippen molar-refractivity contribution in [2.75, 3.05) is 5.32 Å². The van der Waals surface area contributed by atoms with Gasteiger partial charge in [0.2, 0.25) is 11.8 Å². The lowest BCUT2D eigenvalue weighted by atomic mass is 9.91. The maximum absolute atomic E-state index is 14.6. The highest BCUT2D eigenvalue weighted by molar-refractivity contribution is 6.00. The van der Waals surface area contributed by atoms with Crippen LogP contribution in [-0.4, -0.2) is 33.5 Å². The molecule has 1 aromatic carbocycles. The van der Waals surface area contributed by atoms with E-state index in [1.807, 2.05) is 6.92 Å². The molecule has 8 nitrogen and oxygen atoms in total. The van der Waals surface area contributed by atoms with Crippen LogP contribution in [0.2, 0.25) is 0 Å². The molecule has 1 aliphatic carbocycles. The van der Waals surface area contributed by atoms with Gasteiger partial charge < -0.3 is 16.4 Å². The molecule has 32 heavy (non-hydrogen) atoms. The molecule has 0 aliphatic heterocycles. The van der Waals surface area contributed by atoms with Crippen molar-refractivity contribution in [2.45, 2.75) is 64.5 Å². The predicted octanol–water partition coefficient (Wildman–Crippen LogP) is 2.78. The molecular weight excluding hydrogens is 413 g/mol. The van der Waals surface area contributed by atoms with Gasteiger partial charge in [-0.2, -0.15) is 5.10 Å². The molecule has 1 aromatic heterocycles. The van der Waals surface area contributed by atoms with E-state index in [0.717, 1.165) is 38.5 Å². The average Bonchev–Trinajstić information content (AvgIpc) is 3.08. The van der Waals surface area contributed by atoms with E-state index in [0.29, 0.717) is 17.8 Å². The molecule has 1 unspecified atom stereocenters. The number of aromatic nitrogens is 2. The van der Waals surface area contributed by atoms with Gasteiger partial charge in [0.05, 0.1) is 12.1 Å². The second-order valence-electron chi connectivity index (χ2n) is 8.18. The lowest BCUT2D eigenvalue weighted by molar-refractivity contribution is -0.119. The van der Waals surface area contributed by atoms with Crippen LogP contribution in [0.4, 0.5) is 10.1 Å². The van der Waals surface area contributed by atoms with Gasteiger partial charge in [-0.3, -0.25) is 19.1 Å². The number of primary amides is 1. The van der Waals surface area contributed by atoms with Crippen molar-refractivity contribution in [1.82, 2.24) is 15.1 Å². The summed E-state index contributed by atoms with van der Waals surface area (Å²) >= 11 is 0. The Balaban J connectivity index is 1.80. The standard InChI is InChI=1S/C23H30FN5O3/c1-2-29-19(11-12-26-29)22(31)28-21(16-7-5-3-4-6-8-16)23(32)27-18-10-9-15(13-17(18)24)14-20(25)30/h9-13,16,21H,2-8,14H2,1H3,(H2,25,30)(H,27,32)(H,28,31). The maximum Gasteiger partial charge on any atom is 0.270 e. The van der Waals surface area contributed by atoms with E-state index in [9.17, 15) is 18.8 Å². The Morgan fingerprint density at radius 3 is 2.53 bits per heavy atom. The Labute approximate surface area is 186 Å². The highest BCUT2D eigenvalue weighted by atomic mass is 19.1. The zero-order valence-electron chi connectivity index (χ0n) is 18.3. The molecule has 3 amide bonds. The molecule has 1 heterocycles. The van der Waals surface area contributed by atoms with Crippen molar-refractivity contribution >= 4 is 23.4 Å². The molecule has 9 heteroatoms. The number of anilines is 1. The van der Waals surface area contributed by atoms with Gasteiger partial charge in [0.1, 0.15) is 17.6 Å². The first kappa shape index (κ1) is 23.4. The molecule has 4 N–H and O–H groups in total. The molecule has 0 saturated heterocycles. The highest BCUT2D eigenvalue weighted by Gasteiger charge is 2.31. The van der Waals surface area contributed by atoms with E-state index in [-0.39, 0.29) is 23.9 Å². The Kier molecular flexibility index (Phi) is 7.97. The number of carbonyl (C=O) groups excluding carboxylic acids is 3. The van der Waals surface area contributed by atoms with Crippen molar-refractivity contribution in [1.29, 1.82) is 0 Å². The van der Waals surface area contributed by atoms with Crippen molar-refractivity contribution in [2.24, 2.45) is 11.7 Å². The average molecular weight is 444 g/mol. The second kappa shape index (κ2) is 10.9. The largest absolute Gasteiger partial charge is 0.369 e. The molecule has 0 bridgehead atoms.